The van der Waals surface area contributed by atoms with Crippen molar-refractivity contribution in [1.29, 1.82) is 0 Å². The van der Waals surface area contributed by atoms with E-state index in [4.69, 9.17) is 4.42 Å². The molecule has 1 aliphatic heterocycles. The Balaban J connectivity index is 1.28. The van der Waals surface area contributed by atoms with Crippen molar-refractivity contribution >= 4 is 21.9 Å². The summed E-state index contributed by atoms with van der Waals surface area (Å²) >= 11 is 0. The maximum Gasteiger partial charge on any atom is 0.322 e. The van der Waals surface area contributed by atoms with Crippen LogP contribution in [0, 0.1) is 6.92 Å². The Morgan fingerprint density at radius 2 is 1.79 bits per heavy atom. The molecular weight excluding hydrogens is 456 g/mol. The highest BCUT2D eigenvalue weighted by Gasteiger charge is 2.28. The highest BCUT2D eigenvalue weighted by atomic mass is 32.2. The molecule has 10 nitrogen and oxygen atoms in total. The Morgan fingerprint density at radius 3 is 2.50 bits per heavy atom. The van der Waals surface area contributed by atoms with Gasteiger partial charge in [0.1, 0.15) is 5.69 Å². The van der Waals surface area contributed by atoms with Gasteiger partial charge in [0, 0.05) is 31.4 Å². The number of sulfonamides is 1. The van der Waals surface area contributed by atoms with Crippen molar-refractivity contribution in [2.45, 2.75) is 24.8 Å². The highest BCUT2D eigenvalue weighted by Crippen LogP contribution is 2.25. The van der Waals surface area contributed by atoms with E-state index < -0.39 is 15.9 Å². The molecule has 0 aliphatic carbocycles. The Bertz CT molecular complexity index is 1450. The van der Waals surface area contributed by atoms with Crippen LogP contribution in [-0.4, -0.2) is 45.2 Å². The van der Waals surface area contributed by atoms with E-state index in [1.54, 1.807) is 17.8 Å². The minimum atomic E-state index is -3.68. The van der Waals surface area contributed by atoms with E-state index in [-0.39, 0.29) is 22.4 Å². The Hall–Kier alpha value is -3.83. The molecule has 0 saturated carbocycles. The minimum Gasteiger partial charge on any atom is -0.401 e. The smallest absolute Gasteiger partial charge is 0.322 e. The molecule has 1 aliphatic rings. The average Bonchev–Trinajstić information content (AvgIpc) is 3.44. The van der Waals surface area contributed by atoms with Gasteiger partial charge in [0.15, 0.2) is 0 Å². The van der Waals surface area contributed by atoms with Crippen LogP contribution in [0.1, 0.15) is 27.2 Å². The van der Waals surface area contributed by atoms with E-state index in [1.165, 1.54) is 34.1 Å². The van der Waals surface area contributed by atoms with Gasteiger partial charge in [-0.3, -0.25) is 14.8 Å². The van der Waals surface area contributed by atoms with Gasteiger partial charge in [0.2, 0.25) is 10.0 Å². The molecule has 3 heterocycles. The molecule has 11 heteroatoms. The van der Waals surface area contributed by atoms with Crippen LogP contribution >= 0.6 is 0 Å². The van der Waals surface area contributed by atoms with Crippen LogP contribution in [0.15, 0.2) is 63.9 Å². The van der Waals surface area contributed by atoms with E-state index >= 15 is 0 Å². The lowest BCUT2D eigenvalue weighted by atomic mass is 10.0. The standard InChI is InChI=1S/C23H22N6O4S/c1-15-13-20(27-28(15)2)22-25-26-23(33-22)24-21(30)17-7-9-19(10-8-17)34(31,32)29-12-11-16-5-3-4-6-18(16)14-29/h3-10,13H,11-12,14H2,1-2H3,(H,24,26,30). The normalized spacial score (nSPS) is 14.1. The molecule has 0 unspecified atom stereocenters. The predicted molar refractivity (Wildman–Crippen MR) is 123 cm³/mol. The third-order valence-electron chi connectivity index (χ3n) is 5.83. The fourth-order valence-corrected chi connectivity index (χ4v) is 5.23. The van der Waals surface area contributed by atoms with Crippen molar-refractivity contribution in [3.63, 3.8) is 0 Å². The molecule has 4 aromatic rings. The fraction of sp³-hybridized carbons (Fsp3) is 0.217. The van der Waals surface area contributed by atoms with Crippen molar-refractivity contribution in [3.05, 3.63) is 77.0 Å². The molecule has 0 fully saturated rings. The van der Waals surface area contributed by atoms with Gasteiger partial charge < -0.3 is 4.42 Å². The second-order valence-electron chi connectivity index (χ2n) is 8.04. The van der Waals surface area contributed by atoms with Gasteiger partial charge in [-0.25, -0.2) is 8.42 Å². The van der Waals surface area contributed by atoms with Crippen molar-refractivity contribution in [1.82, 2.24) is 24.3 Å². The Morgan fingerprint density at radius 1 is 1.06 bits per heavy atom. The van der Waals surface area contributed by atoms with Gasteiger partial charge in [-0.2, -0.15) is 9.40 Å². The van der Waals surface area contributed by atoms with Gasteiger partial charge >= 0.3 is 6.01 Å². The lowest BCUT2D eigenvalue weighted by molar-refractivity contribution is 0.102. The first kappa shape index (κ1) is 22.0. The molecule has 0 spiro atoms. The third kappa shape index (κ3) is 4.11. The van der Waals surface area contributed by atoms with Crippen molar-refractivity contribution in [2.75, 3.05) is 11.9 Å². The molecule has 1 N–H and O–H groups in total. The second kappa shape index (κ2) is 8.50. The van der Waals surface area contributed by atoms with Crippen LogP contribution in [0.4, 0.5) is 6.01 Å². The molecule has 0 atom stereocenters. The summed E-state index contributed by atoms with van der Waals surface area (Å²) in [5, 5.41) is 14.5. The van der Waals surface area contributed by atoms with E-state index in [2.05, 4.69) is 20.6 Å². The molecule has 1 amide bonds. The molecule has 174 valence electrons. The molecule has 0 saturated heterocycles. The molecule has 0 radical (unpaired) electrons. The number of rotatable bonds is 5. The molecule has 2 aromatic heterocycles. The number of nitrogens with one attached hydrogen (secondary N) is 1. The van der Waals surface area contributed by atoms with Gasteiger partial charge in [-0.15, -0.1) is 5.10 Å². The number of fused-ring (bicyclic) bond motifs is 1. The molecule has 0 bridgehead atoms. The Labute approximate surface area is 196 Å². The van der Waals surface area contributed by atoms with Crippen molar-refractivity contribution < 1.29 is 17.6 Å². The maximum absolute atomic E-state index is 13.1. The monoisotopic (exact) mass is 478 g/mol. The number of aromatic nitrogens is 4. The lowest BCUT2D eigenvalue weighted by Crippen LogP contribution is -2.35. The van der Waals surface area contributed by atoms with Crippen LogP contribution in [0.25, 0.3) is 11.6 Å². The number of amides is 1. The third-order valence-corrected chi connectivity index (χ3v) is 7.69. The van der Waals surface area contributed by atoms with Gasteiger partial charge in [-0.1, -0.05) is 29.4 Å². The number of benzene rings is 2. The minimum absolute atomic E-state index is 0.0769. The second-order valence-corrected chi connectivity index (χ2v) is 9.98. The summed E-state index contributed by atoms with van der Waals surface area (Å²) in [5.74, 6) is -0.313. The van der Waals surface area contributed by atoms with Crippen LogP contribution < -0.4 is 5.32 Å². The summed E-state index contributed by atoms with van der Waals surface area (Å²) in [6, 6.07) is 15.3. The zero-order valence-electron chi connectivity index (χ0n) is 18.6. The van der Waals surface area contributed by atoms with Crippen LogP contribution in [0.3, 0.4) is 0 Å². The van der Waals surface area contributed by atoms with E-state index in [0.717, 1.165) is 11.3 Å². The number of hydrogen-bond acceptors (Lipinski definition) is 7. The zero-order valence-corrected chi connectivity index (χ0v) is 19.4. The molecule has 5 rings (SSSR count). The summed E-state index contributed by atoms with van der Waals surface area (Å²) in [5.41, 5.74) is 3.86. The quantitative estimate of drug-likeness (QED) is 0.468. The summed E-state index contributed by atoms with van der Waals surface area (Å²) < 4.78 is 34.9. The lowest BCUT2D eigenvalue weighted by Gasteiger charge is -2.28. The Kier molecular flexibility index (Phi) is 5.50. The van der Waals surface area contributed by atoms with E-state index in [9.17, 15) is 13.2 Å². The topological polar surface area (TPSA) is 123 Å². The first-order valence-corrected chi connectivity index (χ1v) is 12.1. The van der Waals surface area contributed by atoms with E-state index in [1.807, 2.05) is 31.2 Å². The van der Waals surface area contributed by atoms with Crippen LogP contribution in [-0.2, 0) is 30.0 Å². The van der Waals surface area contributed by atoms with Gasteiger partial charge in [0.25, 0.3) is 11.8 Å². The molecule has 34 heavy (non-hydrogen) atoms. The molecular formula is C23H22N6O4S. The average molecular weight is 479 g/mol. The largest absolute Gasteiger partial charge is 0.401 e. The van der Waals surface area contributed by atoms with Crippen LogP contribution in [0.5, 0.6) is 0 Å². The van der Waals surface area contributed by atoms with Gasteiger partial charge in [-0.05, 0) is 54.8 Å². The maximum atomic E-state index is 13.1. The van der Waals surface area contributed by atoms with E-state index in [0.29, 0.717) is 25.2 Å². The predicted octanol–water partition coefficient (Wildman–Crippen LogP) is 2.78. The summed E-state index contributed by atoms with van der Waals surface area (Å²) in [6.45, 7) is 2.64. The number of nitrogens with zero attached hydrogens (tertiary/aromatic N) is 5. The number of hydrogen-bond donors (Lipinski definition) is 1. The zero-order chi connectivity index (χ0) is 23.9. The number of carbonyl (C=O) groups is 1. The van der Waals surface area contributed by atoms with Gasteiger partial charge in [0.05, 0.1) is 4.90 Å². The van der Waals surface area contributed by atoms with Crippen molar-refractivity contribution in [3.8, 4) is 11.6 Å². The summed E-state index contributed by atoms with van der Waals surface area (Å²) in [4.78, 5) is 12.7. The molecule has 2 aromatic carbocycles. The first-order valence-electron chi connectivity index (χ1n) is 10.6. The highest BCUT2D eigenvalue weighted by molar-refractivity contribution is 7.89. The first-order chi connectivity index (χ1) is 16.3. The fourth-order valence-electron chi connectivity index (χ4n) is 3.81. The number of carbonyl (C=O) groups excluding carboxylic acids is 1. The number of aryl methyl sites for hydroxylation is 2. The van der Waals surface area contributed by atoms with Crippen molar-refractivity contribution in [2.24, 2.45) is 7.05 Å². The SMILES string of the molecule is Cc1cc(-c2nnc(NC(=O)c3ccc(S(=O)(=O)N4CCc5ccccc5C4)cc3)o2)nn1C. The summed E-state index contributed by atoms with van der Waals surface area (Å²) in [7, 11) is -1.89. The van der Waals surface area contributed by atoms with Crippen LogP contribution in [0.2, 0.25) is 0 Å². The summed E-state index contributed by atoms with van der Waals surface area (Å²) in [6.07, 6.45) is 0.667. The number of anilines is 1.